The molecule has 0 spiro atoms. The van der Waals surface area contributed by atoms with Crippen molar-refractivity contribution in [2.24, 2.45) is 11.8 Å². The third kappa shape index (κ3) is 4.97. The van der Waals surface area contributed by atoms with E-state index in [0.29, 0.717) is 6.10 Å². The Morgan fingerprint density at radius 2 is 1.65 bits per heavy atom. The van der Waals surface area contributed by atoms with Crippen LogP contribution in [0.1, 0.15) is 66.2 Å². The molecule has 0 saturated heterocycles. The molecule has 1 aliphatic rings. The van der Waals surface area contributed by atoms with Crippen LogP contribution >= 0.6 is 0 Å². The second kappa shape index (κ2) is 8.10. The molecule has 17 heavy (non-hydrogen) atoms. The van der Waals surface area contributed by atoms with E-state index in [2.05, 4.69) is 20.8 Å². The van der Waals surface area contributed by atoms with Gasteiger partial charge in [0.1, 0.15) is 0 Å². The molecule has 2 atom stereocenters. The highest BCUT2D eigenvalue weighted by molar-refractivity contribution is 4.76. The Bertz CT molecular complexity index is 185. The number of hydrogen-bond donors (Lipinski definition) is 0. The summed E-state index contributed by atoms with van der Waals surface area (Å²) in [5.74, 6) is 1.80. The predicted molar refractivity (Wildman–Crippen MR) is 72.0 cm³/mol. The van der Waals surface area contributed by atoms with Gasteiger partial charge in [-0.05, 0) is 50.9 Å². The molecule has 0 aliphatic heterocycles. The lowest BCUT2D eigenvalue weighted by Crippen LogP contribution is -2.29. The van der Waals surface area contributed by atoms with Crippen molar-refractivity contribution < 1.29 is 9.47 Å². The first-order valence-corrected chi connectivity index (χ1v) is 7.48. The summed E-state index contributed by atoms with van der Waals surface area (Å²) < 4.78 is 11.6. The molecule has 2 heteroatoms. The van der Waals surface area contributed by atoms with Gasteiger partial charge in [-0.3, -0.25) is 0 Å². The summed E-state index contributed by atoms with van der Waals surface area (Å²) in [7, 11) is 0. The Kier molecular flexibility index (Phi) is 7.14. The van der Waals surface area contributed by atoms with Crippen LogP contribution in [0.25, 0.3) is 0 Å². The maximum absolute atomic E-state index is 6.02. The molecule has 0 aromatic rings. The highest BCUT2D eigenvalue weighted by Crippen LogP contribution is 2.33. The standard InChI is InChI=1S/C15H30O2/c1-5-12(4)13-8-10-14(11-9-13)17-15(6-2)16-7-3/h12-15H,5-11H2,1-4H3. The molecule has 1 fully saturated rings. The van der Waals surface area contributed by atoms with Gasteiger partial charge in [0.05, 0.1) is 6.10 Å². The highest BCUT2D eigenvalue weighted by Gasteiger charge is 2.26. The van der Waals surface area contributed by atoms with Gasteiger partial charge in [0.2, 0.25) is 0 Å². The van der Waals surface area contributed by atoms with E-state index in [9.17, 15) is 0 Å². The average molecular weight is 242 g/mol. The van der Waals surface area contributed by atoms with Crippen molar-refractivity contribution in [1.82, 2.24) is 0 Å². The highest BCUT2D eigenvalue weighted by atomic mass is 16.7. The van der Waals surface area contributed by atoms with Crippen LogP contribution in [0, 0.1) is 11.8 Å². The van der Waals surface area contributed by atoms with Gasteiger partial charge in [0, 0.05) is 6.61 Å². The van der Waals surface area contributed by atoms with Crippen LogP contribution < -0.4 is 0 Å². The zero-order valence-corrected chi connectivity index (χ0v) is 12.1. The molecule has 0 heterocycles. The fourth-order valence-electron chi connectivity index (χ4n) is 2.78. The van der Waals surface area contributed by atoms with Crippen LogP contribution in [0.15, 0.2) is 0 Å². The van der Waals surface area contributed by atoms with Crippen LogP contribution in [0.2, 0.25) is 0 Å². The fourth-order valence-corrected chi connectivity index (χ4v) is 2.78. The zero-order chi connectivity index (χ0) is 12.7. The summed E-state index contributed by atoms with van der Waals surface area (Å²) in [5, 5.41) is 0. The van der Waals surface area contributed by atoms with Crippen LogP contribution in [-0.4, -0.2) is 19.0 Å². The Hall–Kier alpha value is -0.0800. The molecule has 0 radical (unpaired) electrons. The second-order valence-corrected chi connectivity index (χ2v) is 5.35. The van der Waals surface area contributed by atoms with E-state index in [1.807, 2.05) is 6.92 Å². The van der Waals surface area contributed by atoms with Gasteiger partial charge >= 0.3 is 0 Å². The summed E-state index contributed by atoms with van der Waals surface area (Å²) in [4.78, 5) is 0. The quantitative estimate of drug-likeness (QED) is 0.617. The van der Waals surface area contributed by atoms with Crippen molar-refractivity contribution in [3.8, 4) is 0 Å². The first-order valence-electron chi connectivity index (χ1n) is 7.48. The maximum atomic E-state index is 6.02. The Morgan fingerprint density at radius 3 is 2.12 bits per heavy atom. The summed E-state index contributed by atoms with van der Waals surface area (Å²) in [5.41, 5.74) is 0. The van der Waals surface area contributed by atoms with Gasteiger partial charge in [0.15, 0.2) is 6.29 Å². The number of ether oxygens (including phenoxy) is 2. The zero-order valence-electron chi connectivity index (χ0n) is 12.1. The van der Waals surface area contributed by atoms with Crippen molar-refractivity contribution >= 4 is 0 Å². The van der Waals surface area contributed by atoms with Gasteiger partial charge in [0.25, 0.3) is 0 Å². The summed E-state index contributed by atoms with van der Waals surface area (Å²) >= 11 is 0. The average Bonchev–Trinajstić information content (AvgIpc) is 2.38. The van der Waals surface area contributed by atoms with Gasteiger partial charge in [-0.2, -0.15) is 0 Å². The topological polar surface area (TPSA) is 18.5 Å². The van der Waals surface area contributed by atoms with E-state index in [-0.39, 0.29) is 6.29 Å². The van der Waals surface area contributed by atoms with Crippen LogP contribution in [0.5, 0.6) is 0 Å². The van der Waals surface area contributed by atoms with Crippen molar-refractivity contribution in [3.05, 3.63) is 0 Å². The minimum absolute atomic E-state index is 0.0187. The first kappa shape index (κ1) is 15.0. The minimum Gasteiger partial charge on any atom is -0.353 e. The molecule has 102 valence electrons. The molecule has 0 bridgehead atoms. The van der Waals surface area contributed by atoms with Gasteiger partial charge in [-0.25, -0.2) is 0 Å². The first-order chi connectivity index (χ1) is 8.21. The SMILES string of the molecule is CCOC(CC)OC1CCC(C(C)CC)CC1. The molecule has 1 aliphatic carbocycles. The molecule has 0 N–H and O–H groups in total. The third-order valence-corrected chi connectivity index (χ3v) is 4.20. The monoisotopic (exact) mass is 242 g/mol. The molecule has 0 amide bonds. The van der Waals surface area contributed by atoms with E-state index in [4.69, 9.17) is 9.47 Å². The van der Waals surface area contributed by atoms with Crippen molar-refractivity contribution in [3.63, 3.8) is 0 Å². The fraction of sp³-hybridized carbons (Fsp3) is 1.00. The minimum atomic E-state index is 0.0187. The lowest BCUT2D eigenvalue weighted by atomic mass is 9.79. The van der Waals surface area contributed by atoms with Crippen molar-refractivity contribution in [2.75, 3.05) is 6.61 Å². The van der Waals surface area contributed by atoms with E-state index in [1.165, 1.54) is 32.1 Å². The van der Waals surface area contributed by atoms with Crippen molar-refractivity contribution in [2.45, 2.75) is 78.6 Å². The second-order valence-electron chi connectivity index (χ2n) is 5.35. The van der Waals surface area contributed by atoms with E-state index >= 15 is 0 Å². The third-order valence-electron chi connectivity index (χ3n) is 4.20. The van der Waals surface area contributed by atoms with Gasteiger partial charge in [-0.15, -0.1) is 0 Å². The van der Waals surface area contributed by atoms with E-state index < -0.39 is 0 Å². The Morgan fingerprint density at radius 1 is 1.00 bits per heavy atom. The summed E-state index contributed by atoms with van der Waals surface area (Å²) in [6, 6.07) is 0. The largest absolute Gasteiger partial charge is 0.353 e. The van der Waals surface area contributed by atoms with E-state index in [1.54, 1.807) is 0 Å². The molecule has 1 rings (SSSR count). The maximum Gasteiger partial charge on any atom is 0.157 e. The lowest BCUT2D eigenvalue weighted by molar-refractivity contribution is -0.177. The van der Waals surface area contributed by atoms with Crippen LogP contribution in [0.3, 0.4) is 0 Å². The predicted octanol–water partition coefficient (Wildman–Crippen LogP) is 4.38. The molecule has 1 saturated carbocycles. The molecular weight excluding hydrogens is 212 g/mol. The molecule has 0 aromatic carbocycles. The number of rotatable bonds is 7. The summed E-state index contributed by atoms with van der Waals surface area (Å²) in [6.07, 6.45) is 7.84. The Balaban J connectivity index is 2.26. The molecule has 0 aromatic heterocycles. The Labute approximate surface area is 107 Å². The molecule has 2 unspecified atom stereocenters. The van der Waals surface area contributed by atoms with Crippen molar-refractivity contribution in [1.29, 1.82) is 0 Å². The van der Waals surface area contributed by atoms with Crippen LogP contribution in [-0.2, 0) is 9.47 Å². The lowest BCUT2D eigenvalue weighted by Gasteiger charge is -2.33. The smallest absolute Gasteiger partial charge is 0.157 e. The number of hydrogen-bond acceptors (Lipinski definition) is 2. The normalized spacial score (nSPS) is 28.9. The van der Waals surface area contributed by atoms with Gasteiger partial charge in [-0.1, -0.05) is 27.2 Å². The van der Waals surface area contributed by atoms with Crippen LogP contribution in [0.4, 0.5) is 0 Å². The van der Waals surface area contributed by atoms with E-state index in [0.717, 1.165) is 24.9 Å². The van der Waals surface area contributed by atoms with Gasteiger partial charge < -0.3 is 9.47 Å². The summed E-state index contributed by atoms with van der Waals surface area (Å²) in [6.45, 7) is 9.61. The molecule has 2 nitrogen and oxygen atoms in total. The molecular formula is C15H30O2.